The molecule has 4 rings (SSSR count). The summed E-state index contributed by atoms with van der Waals surface area (Å²) in [5.74, 6) is 0.666. The summed E-state index contributed by atoms with van der Waals surface area (Å²) < 4.78 is 6.41. The Kier molecular flexibility index (Phi) is 3.56. The Morgan fingerprint density at radius 1 is 1.00 bits per heavy atom. The highest BCUT2D eigenvalue weighted by Gasteiger charge is 2.43. The third-order valence-corrected chi connectivity index (χ3v) is 5.55. The highest BCUT2D eigenvalue weighted by atomic mass is 79.9. The molecule has 4 nitrogen and oxygen atoms in total. The second-order valence-corrected chi connectivity index (χ2v) is 7.19. The van der Waals surface area contributed by atoms with Crippen LogP contribution in [-0.2, 0) is 9.59 Å². The second kappa shape index (κ2) is 5.48. The van der Waals surface area contributed by atoms with E-state index in [1.165, 1.54) is 0 Å². The minimum absolute atomic E-state index is 0.153. The van der Waals surface area contributed by atoms with E-state index in [4.69, 9.17) is 4.42 Å². The fourth-order valence-electron chi connectivity index (χ4n) is 4.12. The molecule has 5 heteroatoms. The predicted octanol–water partition coefficient (Wildman–Crippen LogP) is 4.09. The Balaban J connectivity index is 1.95. The minimum atomic E-state index is -0.330. The first-order chi connectivity index (χ1) is 11.1. The largest absolute Gasteiger partial charge is 0.453 e. The molecule has 0 saturated heterocycles. The van der Waals surface area contributed by atoms with Crippen LogP contribution in [0.15, 0.2) is 43.8 Å². The molecule has 1 aromatic heterocycles. The number of furan rings is 1. The Morgan fingerprint density at radius 2 is 1.57 bits per heavy atom. The topological polar surface area (TPSA) is 50.5 Å². The molecule has 0 amide bonds. The molecule has 2 aliphatic carbocycles. The van der Waals surface area contributed by atoms with Gasteiger partial charge in [0.25, 0.3) is 0 Å². The van der Waals surface area contributed by atoms with Crippen molar-refractivity contribution in [1.82, 2.24) is 4.90 Å². The predicted molar refractivity (Wildman–Crippen MR) is 88.7 cm³/mol. The van der Waals surface area contributed by atoms with E-state index in [-0.39, 0.29) is 17.5 Å². The summed E-state index contributed by atoms with van der Waals surface area (Å²) in [6.45, 7) is 0. The molecule has 0 fully saturated rings. The van der Waals surface area contributed by atoms with Crippen molar-refractivity contribution in [3.05, 3.63) is 45.1 Å². The van der Waals surface area contributed by atoms with Gasteiger partial charge in [0.15, 0.2) is 16.2 Å². The molecule has 0 N–H and O–H groups in total. The zero-order chi connectivity index (χ0) is 16.1. The van der Waals surface area contributed by atoms with Gasteiger partial charge in [-0.05, 0) is 53.7 Å². The fraction of sp³-hybridized carbons (Fsp3) is 0.444. The first-order valence-electron chi connectivity index (χ1n) is 8.09. The van der Waals surface area contributed by atoms with E-state index < -0.39 is 0 Å². The van der Waals surface area contributed by atoms with Crippen LogP contribution in [0, 0.1) is 0 Å². The van der Waals surface area contributed by atoms with Gasteiger partial charge in [0, 0.05) is 42.4 Å². The van der Waals surface area contributed by atoms with Crippen LogP contribution in [0.3, 0.4) is 0 Å². The van der Waals surface area contributed by atoms with Crippen LogP contribution >= 0.6 is 15.9 Å². The molecule has 1 aromatic rings. The Bertz CT molecular complexity index is 727. The minimum Gasteiger partial charge on any atom is -0.453 e. The van der Waals surface area contributed by atoms with Gasteiger partial charge in [-0.1, -0.05) is 0 Å². The molecule has 0 radical (unpaired) electrons. The van der Waals surface area contributed by atoms with Gasteiger partial charge in [0.05, 0.1) is 5.92 Å². The van der Waals surface area contributed by atoms with Crippen LogP contribution in [0.2, 0.25) is 0 Å². The number of allylic oxidation sites excluding steroid dienone is 4. The van der Waals surface area contributed by atoms with Crippen LogP contribution in [0.1, 0.15) is 50.2 Å². The highest BCUT2D eigenvalue weighted by Crippen LogP contribution is 2.48. The quantitative estimate of drug-likeness (QED) is 0.741. The van der Waals surface area contributed by atoms with Gasteiger partial charge in [0.2, 0.25) is 0 Å². The molecular weight excluding hydrogens is 358 g/mol. The normalized spacial score (nSPS) is 22.6. The van der Waals surface area contributed by atoms with E-state index >= 15 is 0 Å². The summed E-state index contributed by atoms with van der Waals surface area (Å²) in [4.78, 5) is 27.5. The van der Waals surface area contributed by atoms with E-state index in [0.29, 0.717) is 23.3 Å². The van der Waals surface area contributed by atoms with Gasteiger partial charge in [-0.15, -0.1) is 0 Å². The molecule has 120 valence electrons. The SMILES string of the molecule is CN1C2=C(C(=O)CCC2)C(c2ccc(Br)o2)C2=C1CCCC2=O. The fourth-order valence-corrected chi connectivity index (χ4v) is 4.44. The number of hydrogen-bond acceptors (Lipinski definition) is 4. The van der Waals surface area contributed by atoms with Crippen molar-refractivity contribution in [2.45, 2.75) is 44.4 Å². The summed E-state index contributed by atoms with van der Waals surface area (Å²) >= 11 is 3.34. The van der Waals surface area contributed by atoms with E-state index in [2.05, 4.69) is 20.8 Å². The molecule has 0 unspecified atom stereocenters. The summed E-state index contributed by atoms with van der Waals surface area (Å²) in [7, 11) is 2.00. The smallest absolute Gasteiger partial charge is 0.169 e. The van der Waals surface area contributed by atoms with Crippen LogP contribution in [0.4, 0.5) is 0 Å². The van der Waals surface area contributed by atoms with E-state index in [1.54, 1.807) is 0 Å². The maximum absolute atomic E-state index is 12.7. The zero-order valence-electron chi connectivity index (χ0n) is 13.0. The average Bonchev–Trinajstić information content (AvgIpc) is 2.95. The molecule has 0 saturated carbocycles. The first kappa shape index (κ1) is 14.9. The first-order valence-corrected chi connectivity index (χ1v) is 8.88. The summed E-state index contributed by atoms with van der Waals surface area (Å²) in [5.41, 5.74) is 3.70. The van der Waals surface area contributed by atoms with Crippen molar-refractivity contribution in [3.63, 3.8) is 0 Å². The molecule has 0 atom stereocenters. The molecule has 0 bridgehead atoms. The molecule has 2 heterocycles. The van der Waals surface area contributed by atoms with Gasteiger partial charge in [0.1, 0.15) is 5.76 Å². The lowest BCUT2D eigenvalue weighted by Gasteiger charge is -2.41. The summed E-state index contributed by atoms with van der Waals surface area (Å²) in [5, 5.41) is 0. The number of carbonyl (C=O) groups excluding carboxylic acids is 2. The second-order valence-electron chi connectivity index (χ2n) is 6.41. The lowest BCUT2D eigenvalue weighted by atomic mass is 9.73. The van der Waals surface area contributed by atoms with Gasteiger partial charge >= 0.3 is 0 Å². The Labute approximate surface area is 143 Å². The van der Waals surface area contributed by atoms with Gasteiger partial charge in [-0.2, -0.15) is 0 Å². The van der Waals surface area contributed by atoms with Crippen molar-refractivity contribution in [1.29, 1.82) is 0 Å². The Morgan fingerprint density at radius 3 is 2.04 bits per heavy atom. The number of nitrogens with zero attached hydrogens (tertiary/aromatic N) is 1. The molecule has 0 spiro atoms. The van der Waals surface area contributed by atoms with Crippen molar-refractivity contribution in [3.8, 4) is 0 Å². The van der Waals surface area contributed by atoms with Gasteiger partial charge < -0.3 is 9.32 Å². The molecule has 23 heavy (non-hydrogen) atoms. The molecule has 3 aliphatic rings. The number of Topliss-reactive ketones (excluding diaryl/α,β-unsaturated/α-hetero) is 2. The van der Waals surface area contributed by atoms with Crippen molar-refractivity contribution < 1.29 is 14.0 Å². The monoisotopic (exact) mass is 375 g/mol. The lowest BCUT2D eigenvalue weighted by molar-refractivity contribution is -0.117. The van der Waals surface area contributed by atoms with Gasteiger partial charge in [-0.25, -0.2) is 0 Å². The number of ketones is 2. The maximum atomic E-state index is 12.7. The van der Waals surface area contributed by atoms with Crippen molar-refractivity contribution in [2.75, 3.05) is 7.05 Å². The van der Waals surface area contributed by atoms with Crippen LogP contribution in [0.5, 0.6) is 0 Å². The third kappa shape index (κ3) is 2.24. The summed E-state index contributed by atoms with van der Waals surface area (Å²) in [6.07, 6.45) is 4.66. The van der Waals surface area contributed by atoms with Crippen LogP contribution in [0.25, 0.3) is 0 Å². The highest BCUT2D eigenvalue weighted by molar-refractivity contribution is 9.10. The third-order valence-electron chi connectivity index (χ3n) is 5.12. The molecule has 1 aliphatic heterocycles. The maximum Gasteiger partial charge on any atom is 0.169 e. The number of rotatable bonds is 1. The van der Waals surface area contributed by atoms with E-state index in [1.807, 2.05) is 19.2 Å². The Hall–Kier alpha value is -1.62. The average molecular weight is 376 g/mol. The summed E-state index contributed by atoms with van der Waals surface area (Å²) in [6, 6.07) is 3.70. The molecular formula is C18H18BrNO3. The van der Waals surface area contributed by atoms with E-state index in [9.17, 15) is 9.59 Å². The van der Waals surface area contributed by atoms with Crippen molar-refractivity contribution in [2.24, 2.45) is 0 Å². The van der Waals surface area contributed by atoms with Crippen molar-refractivity contribution >= 4 is 27.5 Å². The van der Waals surface area contributed by atoms with Gasteiger partial charge in [-0.3, -0.25) is 9.59 Å². The zero-order valence-corrected chi connectivity index (χ0v) is 14.6. The number of hydrogen-bond donors (Lipinski definition) is 0. The molecule has 0 aromatic carbocycles. The number of carbonyl (C=O) groups is 2. The van der Waals surface area contributed by atoms with Crippen LogP contribution < -0.4 is 0 Å². The standard InChI is InChI=1S/C18H18BrNO3/c1-20-10-4-2-6-12(21)16(10)18(14-8-9-15(19)23-14)17-11(20)5-3-7-13(17)22/h8-9,18H,2-7H2,1H3. The van der Waals surface area contributed by atoms with E-state index in [0.717, 1.165) is 48.2 Å². The number of halogens is 1. The lowest BCUT2D eigenvalue weighted by Crippen LogP contribution is -2.37. The van der Waals surface area contributed by atoms with Crippen LogP contribution in [-0.4, -0.2) is 23.5 Å².